The molecule has 0 spiro atoms. The van der Waals surface area contributed by atoms with Gasteiger partial charge in [-0.15, -0.1) is 0 Å². The Morgan fingerprint density at radius 3 is 2.61 bits per heavy atom. The van der Waals surface area contributed by atoms with Crippen LogP contribution >= 0.6 is 0 Å². The third-order valence-electron chi connectivity index (χ3n) is 4.62. The van der Waals surface area contributed by atoms with Crippen LogP contribution in [0.5, 0.6) is 0 Å². The Morgan fingerprint density at radius 1 is 1.28 bits per heavy atom. The lowest BCUT2D eigenvalue weighted by atomic mass is 9.71. The van der Waals surface area contributed by atoms with E-state index >= 15 is 0 Å². The van der Waals surface area contributed by atoms with Crippen LogP contribution in [-0.4, -0.2) is 41.7 Å². The SMILES string of the molecule is NCC1(CC(=O)N2CCCC(O)C2)CCCCC1. The van der Waals surface area contributed by atoms with Crippen molar-refractivity contribution in [1.82, 2.24) is 4.90 Å². The van der Waals surface area contributed by atoms with Crippen molar-refractivity contribution in [2.75, 3.05) is 19.6 Å². The van der Waals surface area contributed by atoms with Crippen LogP contribution in [0, 0.1) is 5.41 Å². The van der Waals surface area contributed by atoms with Gasteiger partial charge in [0, 0.05) is 19.5 Å². The summed E-state index contributed by atoms with van der Waals surface area (Å²) >= 11 is 0. The molecule has 0 radical (unpaired) electrons. The number of nitrogens with zero attached hydrogens (tertiary/aromatic N) is 1. The average Bonchev–Trinajstić information content (AvgIpc) is 2.40. The van der Waals surface area contributed by atoms with Crippen molar-refractivity contribution in [2.24, 2.45) is 11.1 Å². The van der Waals surface area contributed by atoms with Crippen molar-refractivity contribution in [3.63, 3.8) is 0 Å². The zero-order chi connectivity index (χ0) is 13.0. The van der Waals surface area contributed by atoms with Gasteiger partial charge < -0.3 is 15.7 Å². The molecule has 1 aliphatic heterocycles. The van der Waals surface area contributed by atoms with Crippen LogP contribution in [0.15, 0.2) is 0 Å². The second kappa shape index (κ2) is 6.02. The summed E-state index contributed by atoms with van der Waals surface area (Å²) in [5.74, 6) is 0.195. The lowest BCUT2D eigenvalue weighted by molar-refractivity contribution is -0.137. The Bertz CT molecular complexity index is 288. The molecule has 2 fully saturated rings. The normalized spacial score (nSPS) is 28.1. The molecule has 18 heavy (non-hydrogen) atoms. The third-order valence-corrected chi connectivity index (χ3v) is 4.62. The molecule has 4 heteroatoms. The van der Waals surface area contributed by atoms with E-state index in [-0.39, 0.29) is 17.4 Å². The first-order valence-electron chi connectivity index (χ1n) is 7.31. The molecule has 1 unspecified atom stereocenters. The number of likely N-dealkylation sites (tertiary alicyclic amines) is 1. The van der Waals surface area contributed by atoms with Crippen LogP contribution in [0.25, 0.3) is 0 Å². The highest BCUT2D eigenvalue weighted by atomic mass is 16.3. The van der Waals surface area contributed by atoms with Crippen molar-refractivity contribution in [3.8, 4) is 0 Å². The molecule has 1 heterocycles. The molecule has 1 saturated heterocycles. The van der Waals surface area contributed by atoms with Crippen LogP contribution < -0.4 is 5.73 Å². The number of hydrogen-bond donors (Lipinski definition) is 2. The fourth-order valence-corrected chi connectivity index (χ4v) is 3.37. The maximum Gasteiger partial charge on any atom is 0.223 e. The van der Waals surface area contributed by atoms with E-state index in [0.29, 0.717) is 19.5 Å². The maximum absolute atomic E-state index is 12.3. The predicted molar refractivity (Wildman–Crippen MR) is 71.0 cm³/mol. The number of piperidine rings is 1. The second-order valence-corrected chi connectivity index (χ2v) is 6.08. The van der Waals surface area contributed by atoms with Gasteiger partial charge in [-0.2, -0.15) is 0 Å². The molecule has 3 N–H and O–H groups in total. The minimum absolute atomic E-state index is 0.0394. The van der Waals surface area contributed by atoms with E-state index in [1.807, 2.05) is 4.90 Å². The van der Waals surface area contributed by atoms with Crippen LogP contribution in [0.1, 0.15) is 51.4 Å². The summed E-state index contributed by atoms with van der Waals surface area (Å²) in [6.45, 7) is 1.94. The summed E-state index contributed by atoms with van der Waals surface area (Å²) < 4.78 is 0. The van der Waals surface area contributed by atoms with Crippen molar-refractivity contribution >= 4 is 5.91 Å². The molecule has 1 amide bonds. The molecular formula is C14H26N2O2. The fourth-order valence-electron chi connectivity index (χ4n) is 3.37. The van der Waals surface area contributed by atoms with E-state index in [9.17, 15) is 9.90 Å². The van der Waals surface area contributed by atoms with Gasteiger partial charge in [-0.05, 0) is 37.6 Å². The van der Waals surface area contributed by atoms with E-state index in [4.69, 9.17) is 5.73 Å². The summed E-state index contributed by atoms with van der Waals surface area (Å²) in [5.41, 5.74) is 5.96. The van der Waals surface area contributed by atoms with Gasteiger partial charge in [0.15, 0.2) is 0 Å². The third kappa shape index (κ3) is 3.23. The molecule has 1 atom stereocenters. The molecule has 104 valence electrons. The molecule has 1 aliphatic carbocycles. The zero-order valence-corrected chi connectivity index (χ0v) is 11.2. The Balaban J connectivity index is 1.92. The lowest BCUT2D eigenvalue weighted by Crippen LogP contribution is -2.45. The van der Waals surface area contributed by atoms with Crippen molar-refractivity contribution in [1.29, 1.82) is 0 Å². The first-order chi connectivity index (χ1) is 8.65. The van der Waals surface area contributed by atoms with Crippen LogP contribution in [0.3, 0.4) is 0 Å². The largest absolute Gasteiger partial charge is 0.391 e. The summed E-state index contributed by atoms with van der Waals surface area (Å²) in [6, 6.07) is 0. The molecular weight excluding hydrogens is 228 g/mol. The average molecular weight is 254 g/mol. The van der Waals surface area contributed by atoms with Gasteiger partial charge >= 0.3 is 0 Å². The quantitative estimate of drug-likeness (QED) is 0.797. The maximum atomic E-state index is 12.3. The van der Waals surface area contributed by atoms with Crippen LogP contribution in [0.4, 0.5) is 0 Å². The van der Waals surface area contributed by atoms with E-state index in [1.165, 1.54) is 19.3 Å². The Hall–Kier alpha value is -0.610. The summed E-state index contributed by atoms with van der Waals surface area (Å²) in [4.78, 5) is 14.2. The highest BCUT2D eigenvalue weighted by molar-refractivity contribution is 5.77. The van der Waals surface area contributed by atoms with Gasteiger partial charge in [0.25, 0.3) is 0 Å². The number of β-amino-alcohol motifs (C(OH)–C–C–N with tert-alkyl or cyclic N) is 1. The number of carbonyl (C=O) groups excluding carboxylic acids is 1. The molecule has 2 rings (SSSR count). The smallest absolute Gasteiger partial charge is 0.223 e. The van der Waals surface area contributed by atoms with Crippen molar-refractivity contribution in [2.45, 2.75) is 57.5 Å². The number of amides is 1. The minimum atomic E-state index is -0.331. The highest BCUT2D eigenvalue weighted by Gasteiger charge is 2.35. The molecule has 4 nitrogen and oxygen atoms in total. The van der Waals surface area contributed by atoms with Crippen LogP contribution in [0.2, 0.25) is 0 Å². The van der Waals surface area contributed by atoms with Gasteiger partial charge in [0.2, 0.25) is 5.91 Å². The number of rotatable bonds is 3. The number of carbonyl (C=O) groups is 1. The second-order valence-electron chi connectivity index (χ2n) is 6.08. The van der Waals surface area contributed by atoms with Crippen molar-refractivity contribution in [3.05, 3.63) is 0 Å². The van der Waals surface area contributed by atoms with Gasteiger partial charge in [0.1, 0.15) is 0 Å². The summed E-state index contributed by atoms with van der Waals surface area (Å²) in [7, 11) is 0. The van der Waals surface area contributed by atoms with E-state index < -0.39 is 0 Å². The molecule has 0 aromatic carbocycles. The Kier molecular flexibility index (Phi) is 4.62. The van der Waals surface area contributed by atoms with Crippen LogP contribution in [-0.2, 0) is 4.79 Å². The van der Waals surface area contributed by atoms with Gasteiger partial charge in [-0.1, -0.05) is 19.3 Å². The van der Waals surface area contributed by atoms with Gasteiger partial charge in [-0.3, -0.25) is 4.79 Å². The van der Waals surface area contributed by atoms with E-state index in [0.717, 1.165) is 32.2 Å². The lowest BCUT2D eigenvalue weighted by Gasteiger charge is -2.38. The summed E-state index contributed by atoms with van der Waals surface area (Å²) in [5, 5.41) is 9.64. The topological polar surface area (TPSA) is 66.6 Å². The molecule has 2 aliphatic rings. The first kappa shape index (κ1) is 13.8. The van der Waals surface area contributed by atoms with Gasteiger partial charge in [0.05, 0.1) is 6.10 Å². The van der Waals surface area contributed by atoms with Crippen molar-refractivity contribution < 1.29 is 9.90 Å². The molecule has 0 aromatic heterocycles. The van der Waals surface area contributed by atoms with E-state index in [2.05, 4.69) is 0 Å². The number of nitrogens with two attached hydrogens (primary N) is 1. The molecule has 0 bridgehead atoms. The number of aliphatic hydroxyl groups excluding tert-OH is 1. The van der Waals surface area contributed by atoms with Gasteiger partial charge in [-0.25, -0.2) is 0 Å². The zero-order valence-electron chi connectivity index (χ0n) is 11.2. The standard InChI is InChI=1S/C14H26N2O2/c15-11-14(6-2-1-3-7-14)9-13(18)16-8-4-5-12(17)10-16/h12,17H,1-11,15H2. The first-order valence-corrected chi connectivity index (χ1v) is 7.31. The molecule has 1 saturated carbocycles. The van der Waals surface area contributed by atoms with E-state index in [1.54, 1.807) is 0 Å². The predicted octanol–water partition coefficient (Wildman–Crippen LogP) is 1.27. The summed E-state index contributed by atoms with van der Waals surface area (Å²) in [6.07, 6.45) is 7.85. The monoisotopic (exact) mass is 254 g/mol. The number of aliphatic hydroxyl groups is 1. The Labute approximate surface area is 110 Å². The minimum Gasteiger partial charge on any atom is -0.391 e. The number of hydrogen-bond acceptors (Lipinski definition) is 3. The highest BCUT2D eigenvalue weighted by Crippen LogP contribution is 2.38. The Morgan fingerprint density at radius 2 is 2.00 bits per heavy atom. The molecule has 0 aromatic rings. The fraction of sp³-hybridized carbons (Fsp3) is 0.929.